The van der Waals surface area contributed by atoms with Crippen LogP contribution in [0.2, 0.25) is 0 Å². The molecule has 0 atom stereocenters. The fraction of sp³-hybridized carbons (Fsp3) is 0.0400. The monoisotopic (exact) mass is 377 g/mol. The van der Waals surface area contributed by atoms with Crippen molar-refractivity contribution in [3.63, 3.8) is 0 Å². The summed E-state index contributed by atoms with van der Waals surface area (Å²) >= 11 is 0. The summed E-state index contributed by atoms with van der Waals surface area (Å²) in [4.78, 5) is 4.64. The number of benzene rings is 3. The van der Waals surface area contributed by atoms with Gasteiger partial charge in [0, 0.05) is 22.4 Å². The molecule has 3 aromatic carbocycles. The van der Waals surface area contributed by atoms with E-state index in [4.69, 9.17) is 4.42 Å². The Morgan fingerprint density at radius 1 is 0.828 bits per heavy atom. The molecular formula is C25H19N3O. The van der Waals surface area contributed by atoms with Crippen molar-refractivity contribution in [2.45, 2.75) is 6.92 Å². The predicted octanol–water partition coefficient (Wildman–Crippen LogP) is 5.88. The fourth-order valence-electron chi connectivity index (χ4n) is 3.36. The predicted molar refractivity (Wildman–Crippen MR) is 117 cm³/mol. The average Bonchev–Trinajstić information content (AvgIpc) is 2.77. The van der Waals surface area contributed by atoms with Crippen LogP contribution in [-0.2, 0) is 0 Å². The lowest BCUT2D eigenvalue weighted by Gasteiger charge is -2.06. The smallest absolute Gasteiger partial charge is 0.146 e. The molecule has 2 aromatic heterocycles. The molecule has 0 fully saturated rings. The largest absolute Gasteiger partial charge is 0.456 e. The zero-order valence-electron chi connectivity index (χ0n) is 16.0. The summed E-state index contributed by atoms with van der Waals surface area (Å²) in [5.74, 6) is 1.47. The molecule has 0 aliphatic carbocycles. The first kappa shape index (κ1) is 17.2. The minimum Gasteiger partial charge on any atom is -0.456 e. The summed E-state index contributed by atoms with van der Waals surface area (Å²) < 4.78 is 6.18. The van der Waals surface area contributed by atoms with E-state index in [1.807, 2.05) is 84.9 Å². The first-order valence-electron chi connectivity index (χ1n) is 9.52. The standard InChI is InChI=1S/C25H19N3O/c1-17-11-13-20-22(16-23(29-24(20)15-17)19-8-3-2-4-9-19)27-28-25-14-12-18-7-5-6-10-21(18)26-25/h2-16H,1H3,(H,26,28). The van der Waals surface area contributed by atoms with Gasteiger partial charge in [0.25, 0.3) is 0 Å². The lowest BCUT2D eigenvalue weighted by atomic mass is 10.1. The number of aryl methyl sites for hydroxylation is 1. The third kappa shape index (κ3) is 3.48. The van der Waals surface area contributed by atoms with E-state index >= 15 is 0 Å². The minimum absolute atomic E-state index is 0.700. The van der Waals surface area contributed by atoms with Crippen molar-refractivity contribution in [2.24, 2.45) is 5.10 Å². The number of para-hydroxylation sites is 1. The highest BCUT2D eigenvalue weighted by Gasteiger charge is 2.06. The summed E-state index contributed by atoms with van der Waals surface area (Å²) in [6.45, 7) is 2.05. The Balaban J connectivity index is 1.63. The molecule has 0 saturated heterocycles. The Kier molecular flexibility index (Phi) is 4.30. The molecule has 4 heteroatoms. The van der Waals surface area contributed by atoms with Gasteiger partial charge >= 0.3 is 0 Å². The van der Waals surface area contributed by atoms with Crippen molar-refractivity contribution in [1.82, 2.24) is 4.98 Å². The van der Waals surface area contributed by atoms with Crippen LogP contribution in [0.25, 0.3) is 33.2 Å². The van der Waals surface area contributed by atoms with Crippen LogP contribution in [0.3, 0.4) is 0 Å². The molecule has 1 N–H and O–H groups in total. The number of hydrogen-bond donors (Lipinski definition) is 1. The molecule has 0 unspecified atom stereocenters. The van der Waals surface area contributed by atoms with E-state index in [-0.39, 0.29) is 0 Å². The van der Waals surface area contributed by atoms with Gasteiger partial charge in [-0.25, -0.2) is 4.98 Å². The zero-order valence-corrected chi connectivity index (χ0v) is 16.0. The summed E-state index contributed by atoms with van der Waals surface area (Å²) in [6, 6.07) is 30.2. The van der Waals surface area contributed by atoms with E-state index in [0.29, 0.717) is 5.82 Å². The van der Waals surface area contributed by atoms with Gasteiger partial charge in [-0.05, 0) is 42.8 Å². The minimum atomic E-state index is 0.700. The molecule has 0 radical (unpaired) electrons. The maximum Gasteiger partial charge on any atom is 0.146 e. The molecule has 0 aliphatic heterocycles. The fourth-order valence-corrected chi connectivity index (χ4v) is 3.36. The van der Waals surface area contributed by atoms with Gasteiger partial charge in [-0.1, -0.05) is 54.6 Å². The highest BCUT2D eigenvalue weighted by atomic mass is 16.3. The molecule has 140 valence electrons. The van der Waals surface area contributed by atoms with E-state index < -0.39 is 0 Å². The topological polar surface area (TPSA) is 50.4 Å². The zero-order chi connectivity index (χ0) is 19.6. The van der Waals surface area contributed by atoms with E-state index in [2.05, 4.69) is 28.5 Å². The van der Waals surface area contributed by atoms with Gasteiger partial charge in [0.1, 0.15) is 17.2 Å². The highest BCUT2D eigenvalue weighted by molar-refractivity contribution is 5.80. The third-order valence-electron chi connectivity index (χ3n) is 4.85. The number of aromatic nitrogens is 1. The van der Waals surface area contributed by atoms with E-state index in [1.54, 1.807) is 0 Å². The summed E-state index contributed by atoms with van der Waals surface area (Å²) in [6.07, 6.45) is 0. The Hall–Kier alpha value is -3.92. The molecular weight excluding hydrogens is 358 g/mol. The summed E-state index contributed by atoms with van der Waals surface area (Å²) in [7, 11) is 0. The first-order chi connectivity index (χ1) is 14.3. The number of hydrogen-bond acceptors (Lipinski definition) is 4. The van der Waals surface area contributed by atoms with Crippen LogP contribution in [-0.4, -0.2) is 4.98 Å². The van der Waals surface area contributed by atoms with Crippen LogP contribution >= 0.6 is 0 Å². The molecule has 2 heterocycles. The van der Waals surface area contributed by atoms with Gasteiger partial charge in [-0.15, -0.1) is 0 Å². The van der Waals surface area contributed by atoms with Gasteiger partial charge in [0.05, 0.1) is 10.9 Å². The molecule has 5 rings (SSSR count). The molecule has 0 saturated carbocycles. The van der Waals surface area contributed by atoms with Crippen molar-refractivity contribution < 1.29 is 4.42 Å². The Morgan fingerprint density at radius 2 is 1.66 bits per heavy atom. The lowest BCUT2D eigenvalue weighted by Crippen LogP contribution is -2.08. The average molecular weight is 377 g/mol. The van der Waals surface area contributed by atoms with Crippen molar-refractivity contribution in [3.05, 3.63) is 102 Å². The quantitative estimate of drug-likeness (QED) is 0.399. The van der Waals surface area contributed by atoms with E-state index in [1.165, 1.54) is 0 Å². The van der Waals surface area contributed by atoms with E-state index in [0.717, 1.165) is 44.1 Å². The van der Waals surface area contributed by atoms with Crippen molar-refractivity contribution >= 4 is 27.7 Å². The SMILES string of the molecule is Cc1ccc2c(=NNc3ccc4ccccc4n3)cc(-c3ccccc3)oc2c1. The molecule has 5 aromatic rings. The number of nitrogens with zero attached hydrogens (tertiary/aromatic N) is 2. The molecule has 0 aliphatic rings. The molecule has 0 amide bonds. The number of pyridine rings is 1. The maximum absolute atomic E-state index is 6.18. The van der Waals surface area contributed by atoms with Gasteiger partial charge in [-0.2, -0.15) is 5.10 Å². The second-order valence-electron chi connectivity index (χ2n) is 6.97. The molecule has 4 nitrogen and oxygen atoms in total. The van der Waals surface area contributed by atoms with Gasteiger partial charge in [0.15, 0.2) is 0 Å². The second kappa shape index (κ2) is 7.24. The van der Waals surface area contributed by atoms with Gasteiger partial charge in [-0.3, -0.25) is 5.43 Å². The summed E-state index contributed by atoms with van der Waals surface area (Å²) in [5.41, 5.74) is 7.00. The van der Waals surface area contributed by atoms with Crippen LogP contribution in [0.4, 0.5) is 5.82 Å². The Labute approximate surface area is 168 Å². The number of fused-ring (bicyclic) bond motifs is 2. The second-order valence-corrected chi connectivity index (χ2v) is 6.97. The van der Waals surface area contributed by atoms with Crippen LogP contribution in [0.1, 0.15) is 5.56 Å². The van der Waals surface area contributed by atoms with Crippen molar-refractivity contribution in [3.8, 4) is 11.3 Å². The molecule has 29 heavy (non-hydrogen) atoms. The van der Waals surface area contributed by atoms with Crippen molar-refractivity contribution in [1.29, 1.82) is 0 Å². The van der Waals surface area contributed by atoms with Gasteiger partial charge < -0.3 is 4.42 Å². The highest BCUT2D eigenvalue weighted by Crippen LogP contribution is 2.22. The Bertz CT molecular complexity index is 1390. The lowest BCUT2D eigenvalue weighted by molar-refractivity contribution is 0.618. The Morgan fingerprint density at radius 3 is 2.55 bits per heavy atom. The summed E-state index contributed by atoms with van der Waals surface area (Å²) in [5, 5.41) is 7.51. The van der Waals surface area contributed by atoms with Gasteiger partial charge in [0.2, 0.25) is 0 Å². The van der Waals surface area contributed by atoms with Crippen LogP contribution < -0.4 is 10.8 Å². The molecule has 0 spiro atoms. The van der Waals surface area contributed by atoms with Crippen LogP contribution in [0, 0.1) is 6.92 Å². The van der Waals surface area contributed by atoms with E-state index in [9.17, 15) is 0 Å². The molecule has 0 bridgehead atoms. The normalized spacial score (nSPS) is 11.8. The third-order valence-corrected chi connectivity index (χ3v) is 4.85. The number of rotatable bonds is 3. The van der Waals surface area contributed by atoms with Crippen LogP contribution in [0.15, 0.2) is 101 Å². The maximum atomic E-state index is 6.18. The number of anilines is 1. The van der Waals surface area contributed by atoms with Crippen molar-refractivity contribution in [2.75, 3.05) is 5.43 Å². The number of nitrogens with one attached hydrogen (secondary N) is 1. The first-order valence-corrected chi connectivity index (χ1v) is 9.52. The van der Waals surface area contributed by atoms with Crippen LogP contribution in [0.5, 0.6) is 0 Å².